The second-order valence-electron chi connectivity index (χ2n) is 3.02. The number of nitrogens with one attached hydrogen (secondary N) is 1. The van der Waals surface area contributed by atoms with Crippen molar-refractivity contribution in [2.75, 3.05) is 38.5 Å². The van der Waals surface area contributed by atoms with E-state index in [1.807, 2.05) is 0 Å². The smallest absolute Gasteiger partial charge is 0.0107 e. The Morgan fingerprint density at radius 2 is 1.91 bits per heavy atom. The number of hydrogen-bond donors (Lipinski definition) is 2. The van der Waals surface area contributed by atoms with E-state index in [9.17, 15) is 0 Å². The zero-order valence-corrected chi connectivity index (χ0v) is 7.95. The zero-order chi connectivity index (χ0) is 7.94. The Labute approximate surface area is 74.8 Å². The van der Waals surface area contributed by atoms with Crippen LogP contribution in [0.5, 0.6) is 0 Å². The van der Waals surface area contributed by atoms with E-state index in [-0.39, 0.29) is 0 Å². The van der Waals surface area contributed by atoms with Crippen LogP contribution in [0, 0.1) is 0 Å². The lowest BCUT2D eigenvalue weighted by molar-refractivity contribution is 0.238. The molecule has 0 amide bonds. The Kier molecular flexibility index (Phi) is 4.99. The van der Waals surface area contributed by atoms with Gasteiger partial charge in [0.25, 0.3) is 0 Å². The zero-order valence-electron chi connectivity index (χ0n) is 7.05. The van der Waals surface area contributed by atoms with Crippen molar-refractivity contribution in [1.82, 2.24) is 10.2 Å². The van der Waals surface area contributed by atoms with Crippen LogP contribution in [0.4, 0.5) is 0 Å². The number of rotatable bonds is 4. The van der Waals surface area contributed by atoms with Crippen LogP contribution in [0.25, 0.3) is 0 Å². The van der Waals surface area contributed by atoms with E-state index in [0.717, 1.165) is 5.75 Å². The van der Waals surface area contributed by atoms with Gasteiger partial charge < -0.3 is 10.2 Å². The largest absolute Gasteiger partial charge is 0.314 e. The van der Waals surface area contributed by atoms with Crippen molar-refractivity contribution in [2.24, 2.45) is 0 Å². The third-order valence-corrected chi connectivity index (χ3v) is 2.41. The molecule has 66 valence electrons. The van der Waals surface area contributed by atoms with Crippen LogP contribution in [-0.2, 0) is 0 Å². The SMILES string of the molecule is SCCCCN1CCNCC1. The van der Waals surface area contributed by atoms with Gasteiger partial charge in [0.2, 0.25) is 0 Å². The Hall–Kier alpha value is 0.270. The van der Waals surface area contributed by atoms with Gasteiger partial charge in [0.1, 0.15) is 0 Å². The minimum Gasteiger partial charge on any atom is -0.314 e. The van der Waals surface area contributed by atoms with Crippen molar-refractivity contribution in [3.05, 3.63) is 0 Å². The summed E-state index contributed by atoms with van der Waals surface area (Å²) in [7, 11) is 0. The van der Waals surface area contributed by atoms with Crippen molar-refractivity contribution in [2.45, 2.75) is 12.8 Å². The predicted octanol–water partition coefficient (Wildman–Crippen LogP) is 0.602. The van der Waals surface area contributed by atoms with Gasteiger partial charge in [-0.15, -0.1) is 0 Å². The van der Waals surface area contributed by atoms with E-state index >= 15 is 0 Å². The summed E-state index contributed by atoms with van der Waals surface area (Å²) in [4.78, 5) is 2.53. The van der Waals surface area contributed by atoms with Gasteiger partial charge in [0, 0.05) is 26.2 Å². The molecule has 3 heteroatoms. The molecule has 11 heavy (non-hydrogen) atoms. The molecule has 1 aliphatic rings. The van der Waals surface area contributed by atoms with Gasteiger partial charge in [0.15, 0.2) is 0 Å². The molecular weight excluding hydrogens is 156 g/mol. The summed E-state index contributed by atoms with van der Waals surface area (Å²) < 4.78 is 0. The molecule has 1 N–H and O–H groups in total. The summed E-state index contributed by atoms with van der Waals surface area (Å²) >= 11 is 4.19. The highest BCUT2D eigenvalue weighted by Gasteiger charge is 2.07. The van der Waals surface area contributed by atoms with Gasteiger partial charge in [-0.25, -0.2) is 0 Å². The topological polar surface area (TPSA) is 15.3 Å². The van der Waals surface area contributed by atoms with Gasteiger partial charge in [-0.3, -0.25) is 0 Å². The average Bonchev–Trinajstić information content (AvgIpc) is 2.07. The summed E-state index contributed by atoms with van der Waals surface area (Å²) in [5.74, 6) is 1.03. The molecule has 1 saturated heterocycles. The minimum atomic E-state index is 1.03. The molecule has 0 aromatic heterocycles. The maximum atomic E-state index is 4.19. The van der Waals surface area contributed by atoms with Crippen LogP contribution in [0.15, 0.2) is 0 Å². The molecular formula is C8H18N2S. The van der Waals surface area contributed by atoms with E-state index in [2.05, 4.69) is 22.8 Å². The number of nitrogens with zero attached hydrogens (tertiary/aromatic N) is 1. The van der Waals surface area contributed by atoms with Crippen molar-refractivity contribution in [3.63, 3.8) is 0 Å². The van der Waals surface area contributed by atoms with Crippen molar-refractivity contribution in [1.29, 1.82) is 0 Å². The van der Waals surface area contributed by atoms with Gasteiger partial charge >= 0.3 is 0 Å². The first kappa shape index (κ1) is 9.36. The van der Waals surface area contributed by atoms with Crippen LogP contribution in [0.3, 0.4) is 0 Å². The maximum Gasteiger partial charge on any atom is 0.0107 e. The molecule has 0 aromatic carbocycles. The van der Waals surface area contributed by atoms with Crippen LogP contribution in [0.2, 0.25) is 0 Å². The fourth-order valence-electron chi connectivity index (χ4n) is 1.38. The summed E-state index contributed by atoms with van der Waals surface area (Å²) in [5, 5.41) is 3.35. The van der Waals surface area contributed by atoms with Gasteiger partial charge in [-0.1, -0.05) is 0 Å². The first-order valence-corrected chi connectivity index (χ1v) is 5.10. The van der Waals surface area contributed by atoms with Crippen molar-refractivity contribution in [3.8, 4) is 0 Å². The fraction of sp³-hybridized carbons (Fsp3) is 1.00. The van der Waals surface area contributed by atoms with E-state index in [1.165, 1.54) is 45.6 Å². The van der Waals surface area contributed by atoms with Crippen LogP contribution in [-0.4, -0.2) is 43.4 Å². The number of unbranched alkanes of at least 4 members (excludes halogenated alkanes) is 1. The average molecular weight is 174 g/mol. The first-order valence-electron chi connectivity index (χ1n) is 4.47. The van der Waals surface area contributed by atoms with E-state index in [0.29, 0.717) is 0 Å². The number of piperazine rings is 1. The lowest BCUT2D eigenvalue weighted by Crippen LogP contribution is -2.43. The highest BCUT2D eigenvalue weighted by molar-refractivity contribution is 7.80. The molecule has 1 rings (SSSR count). The Bertz CT molecular complexity index is 92.1. The third-order valence-electron chi connectivity index (χ3n) is 2.09. The van der Waals surface area contributed by atoms with E-state index in [1.54, 1.807) is 0 Å². The molecule has 0 spiro atoms. The molecule has 1 heterocycles. The molecule has 1 fully saturated rings. The highest BCUT2D eigenvalue weighted by Crippen LogP contribution is 1.97. The first-order chi connectivity index (χ1) is 5.43. The monoisotopic (exact) mass is 174 g/mol. The van der Waals surface area contributed by atoms with Crippen molar-refractivity contribution >= 4 is 12.6 Å². The normalized spacial score (nSPS) is 20.5. The lowest BCUT2D eigenvalue weighted by Gasteiger charge is -2.26. The second kappa shape index (κ2) is 5.86. The van der Waals surface area contributed by atoms with Crippen LogP contribution < -0.4 is 5.32 Å². The third kappa shape index (κ3) is 3.99. The Morgan fingerprint density at radius 1 is 1.18 bits per heavy atom. The Morgan fingerprint density at radius 3 is 2.55 bits per heavy atom. The molecule has 0 atom stereocenters. The standard InChI is InChI=1S/C8H18N2S/c11-8-2-1-5-10-6-3-9-4-7-10/h9,11H,1-8H2. The van der Waals surface area contributed by atoms with Crippen LogP contribution >= 0.6 is 12.6 Å². The molecule has 0 aromatic rings. The fourth-order valence-corrected chi connectivity index (χ4v) is 1.61. The van der Waals surface area contributed by atoms with Crippen molar-refractivity contribution < 1.29 is 0 Å². The second-order valence-corrected chi connectivity index (χ2v) is 3.47. The van der Waals surface area contributed by atoms with E-state index < -0.39 is 0 Å². The Balaban J connectivity index is 1.96. The molecule has 0 bridgehead atoms. The summed E-state index contributed by atoms with van der Waals surface area (Å²) in [6.45, 7) is 6.06. The molecule has 0 radical (unpaired) electrons. The molecule has 0 unspecified atom stereocenters. The van der Waals surface area contributed by atoms with Gasteiger partial charge in [-0.2, -0.15) is 12.6 Å². The lowest BCUT2D eigenvalue weighted by atomic mass is 10.3. The van der Waals surface area contributed by atoms with Gasteiger partial charge in [-0.05, 0) is 25.1 Å². The maximum absolute atomic E-state index is 4.19. The summed E-state index contributed by atoms with van der Waals surface area (Å²) in [5.41, 5.74) is 0. The predicted molar refractivity (Wildman–Crippen MR) is 52.4 cm³/mol. The number of hydrogen-bond acceptors (Lipinski definition) is 3. The molecule has 2 nitrogen and oxygen atoms in total. The molecule has 0 saturated carbocycles. The number of thiol groups is 1. The summed E-state index contributed by atoms with van der Waals surface area (Å²) in [6.07, 6.45) is 2.57. The molecule has 1 aliphatic heterocycles. The highest BCUT2D eigenvalue weighted by atomic mass is 32.1. The van der Waals surface area contributed by atoms with Gasteiger partial charge in [0.05, 0.1) is 0 Å². The van der Waals surface area contributed by atoms with E-state index in [4.69, 9.17) is 0 Å². The minimum absolute atomic E-state index is 1.03. The summed E-state index contributed by atoms with van der Waals surface area (Å²) in [6, 6.07) is 0. The van der Waals surface area contributed by atoms with Crippen LogP contribution in [0.1, 0.15) is 12.8 Å². The quantitative estimate of drug-likeness (QED) is 0.479. The molecule has 0 aliphatic carbocycles.